The summed E-state index contributed by atoms with van der Waals surface area (Å²) in [4.78, 5) is 0. The van der Waals surface area contributed by atoms with Crippen LogP contribution in [0.4, 0.5) is 0 Å². The molecule has 0 fully saturated rings. The normalized spacial score (nSPS) is 11.3. The van der Waals surface area contributed by atoms with Crippen LogP contribution in [0.3, 0.4) is 0 Å². The monoisotopic (exact) mass is 275 g/mol. The zero-order valence-corrected chi connectivity index (χ0v) is 14.2. The van der Waals surface area contributed by atoms with Gasteiger partial charge < -0.3 is 18.0 Å². The van der Waals surface area contributed by atoms with E-state index in [1.807, 2.05) is 0 Å². The highest BCUT2D eigenvalue weighted by Crippen LogP contribution is 2.16. The lowest BCUT2D eigenvalue weighted by atomic mass is 10.1. The van der Waals surface area contributed by atoms with E-state index in [1.165, 1.54) is 82.0 Å². The second-order valence-electron chi connectivity index (χ2n) is 5.65. The fraction of sp³-hybridized carbons (Fsp3) is 1.00. The topological polar surface area (TPSA) is 0 Å². The van der Waals surface area contributed by atoms with Crippen LogP contribution in [0.25, 0.3) is 0 Å². The van der Waals surface area contributed by atoms with Crippen LogP contribution in [0.1, 0.15) is 80.5 Å². The van der Waals surface area contributed by atoms with Gasteiger partial charge in [0, 0.05) is 0 Å². The van der Waals surface area contributed by atoms with E-state index in [9.17, 15) is 0 Å². The van der Waals surface area contributed by atoms with E-state index in [4.69, 9.17) is 0 Å². The van der Waals surface area contributed by atoms with E-state index in [0.29, 0.717) is 0 Å². The molecule has 0 N–H and O–H groups in total. The number of hydrogen-bond acceptors (Lipinski definition) is 0. The lowest BCUT2D eigenvalue weighted by Crippen LogP contribution is -2.50. The van der Waals surface area contributed by atoms with Crippen LogP contribution in [0, 0.1) is 0 Å². The van der Waals surface area contributed by atoms with Crippen molar-refractivity contribution in [2.75, 3.05) is 26.2 Å². The van der Waals surface area contributed by atoms with Crippen LogP contribution < -0.4 is 0 Å². The van der Waals surface area contributed by atoms with Crippen LogP contribution in [0.5, 0.6) is 0 Å². The van der Waals surface area contributed by atoms with E-state index in [-0.39, 0.29) is 14.9 Å². The third-order valence-electron chi connectivity index (χ3n) is 3.94. The predicted octanol–water partition coefficient (Wildman–Crippen LogP) is 5.11. The Balaban J connectivity index is -0.00000128. The first-order chi connectivity index (χ1) is 8.24. The molecule has 0 heterocycles. The number of hydrogen-bond donors (Lipinski definition) is 0. The summed E-state index contributed by atoms with van der Waals surface area (Å²) in [5.74, 6) is 0. The Morgan fingerprint density at radius 3 is 0.944 bits per heavy atom. The molecule has 2 heteroatoms. The zero-order chi connectivity index (χ0) is 13.0. The Kier molecular flexibility index (Phi) is 15.7. The molecule has 0 saturated carbocycles. The maximum atomic E-state index is 2.33. The highest BCUT2D eigenvalue weighted by atomic mass is 32.1. The first-order valence-electron chi connectivity index (χ1n) is 8.09. The Hall–Kier alpha value is 0.310. The minimum Gasteiger partial charge on any atom is -2.00 e. The maximum absolute atomic E-state index is 2.33. The van der Waals surface area contributed by atoms with E-state index in [0.717, 1.165) is 0 Å². The third-order valence-corrected chi connectivity index (χ3v) is 3.94. The maximum Gasteiger partial charge on any atom is 1.00 e. The van der Waals surface area contributed by atoms with Crippen molar-refractivity contribution in [1.82, 2.24) is 0 Å². The molecule has 18 heavy (non-hydrogen) atoms. The summed E-state index contributed by atoms with van der Waals surface area (Å²) in [6.07, 6.45) is 11.1. The molecule has 0 aliphatic heterocycles. The average Bonchev–Trinajstić information content (AvgIpc) is 2.37. The molecule has 1 nitrogen and oxygen atoms in total. The summed E-state index contributed by atoms with van der Waals surface area (Å²) in [6, 6.07) is 0. The number of unbranched alkanes of at least 4 members (excludes halogenated alkanes) is 4. The molecule has 0 aromatic rings. The molecule has 0 unspecified atom stereocenters. The summed E-state index contributed by atoms with van der Waals surface area (Å²) in [7, 11) is 0. The number of rotatable bonds is 12. The van der Waals surface area contributed by atoms with E-state index < -0.39 is 0 Å². The standard InChI is InChI=1S/C16H36N.S/c1-5-9-13-17(14-10-6-2,15-11-7-3)16-12-8-4;/h5-16H2,1-4H3;/q+1;-2/p+1. The van der Waals surface area contributed by atoms with Crippen molar-refractivity contribution in [2.24, 2.45) is 0 Å². The molecule has 0 aliphatic carbocycles. The van der Waals surface area contributed by atoms with Gasteiger partial charge in [0.2, 0.25) is 0 Å². The van der Waals surface area contributed by atoms with Gasteiger partial charge in [-0.25, -0.2) is 0 Å². The molecular weight excluding hydrogens is 238 g/mol. The quantitative estimate of drug-likeness (QED) is 0.434. The minimum atomic E-state index is 0. The van der Waals surface area contributed by atoms with Gasteiger partial charge in [-0.3, -0.25) is 0 Å². The molecule has 0 aliphatic rings. The van der Waals surface area contributed by atoms with Crippen LogP contribution in [0.15, 0.2) is 0 Å². The second kappa shape index (κ2) is 13.7. The molecular formula is C16H37NS. The molecule has 0 radical (unpaired) electrons. The molecule has 0 aromatic carbocycles. The summed E-state index contributed by atoms with van der Waals surface area (Å²) in [5, 5.41) is 0. The highest BCUT2D eigenvalue weighted by molar-refractivity contribution is 7.37. The van der Waals surface area contributed by atoms with Crippen molar-refractivity contribution >= 4 is 13.5 Å². The lowest BCUT2D eigenvalue weighted by Gasteiger charge is -2.39. The summed E-state index contributed by atoms with van der Waals surface area (Å²) >= 11 is 0. The van der Waals surface area contributed by atoms with Crippen molar-refractivity contribution in [3.05, 3.63) is 0 Å². The van der Waals surface area contributed by atoms with E-state index >= 15 is 0 Å². The molecule has 0 spiro atoms. The second-order valence-corrected chi connectivity index (χ2v) is 5.65. The smallest absolute Gasteiger partial charge is 1.00 e. The van der Waals surface area contributed by atoms with Crippen LogP contribution in [-0.4, -0.2) is 30.7 Å². The van der Waals surface area contributed by atoms with Gasteiger partial charge in [0.15, 0.2) is 0 Å². The van der Waals surface area contributed by atoms with Gasteiger partial charge in [-0.2, -0.15) is 0 Å². The first kappa shape index (κ1) is 20.6. The molecule has 0 rings (SSSR count). The Morgan fingerprint density at radius 1 is 0.556 bits per heavy atom. The first-order valence-corrected chi connectivity index (χ1v) is 8.09. The van der Waals surface area contributed by atoms with Crippen LogP contribution in [0.2, 0.25) is 0 Å². The van der Waals surface area contributed by atoms with Gasteiger partial charge in [0.25, 0.3) is 0 Å². The van der Waals surface area contributed by atoms with Gasteiger partial charge in [-0.15, -0.1) is 0 Å². The molecule has 0 saturated heterocycles. The SMILES string of the molecule is CCCC[N+](CCCC)(CCCC)CCCC.[H+].[S-2]. The fourth-order valence-electron chi connectivity index (χ4n) is 2.64. The van der Waals surface area contributed by atoms with E-state index in [1.54, 1.807) is 0 Å². The van der Waals surface area contributed by atoms with Crippen LogP contribution in [-0.2, 0) is 13.5 Å². The van der Waals surface area contributed by atoms with Gasteiger partial charge >= 0.3 is 1.43 Å². The van der Waals surface area contributed by atoms with Crippen molar-refractivity contribution in [3.63, 3.8) is 0 Å². The van der Waals surface area contributed by atoms with Crippen molar-refractivity contribution in [3.8, 4) is 0 Å². The average molecular weight is 276 g/mol. The zero-order valence-electron chi connectivity index (χ0n) is 14.3. The van der Waals surface area contributed by atoms with Crippen molar-refractivity contribution < 1.29 is 5.91 Å². The van der Waals surface area contributed by atoms with E-state index in [2.05, 4.69) is 27.7 Å². The molecule has 0 bridgehead atoms. The largest absolute Gasteiger partial charge is 2.00 e. The van der Waals surface area contributed by atoms with Gasteiger partial charge in [-0.1, -0.05) is 53.4 Å². The Labute approximate surface area is 125 Å². The predicted molar refractivity (Wildman–Crippen MR) is 87.8 cm³/mol. The molecule has 112 valence electrons. The lowest BCUT2D eigenvalue weighted by molar-refractivity contribution is -0.929. The van der Waals surface area contributed by atoms with Gasteiger partial charge in [0.05, 0.1) is 26.2 Å². The summed E-state index contributed by atoms with van der Waals surface area (Å²) in [6.45, 7) is 15.0. The Bertz CT molecular complexity index is 127. The third kappa shape index (κ3) is 9.27. The fourth-order valence-corrected chi connectivity index (χ4v) is 2.64. The summed E-state index contributed by atoms with van der Waals surface area (Å²) in [5.41, 5.74) is 0. The highest BCUT2D eigenvalue weighted by Gasteiger charge is 2.24. The van der Waals surface area contributed by atoms with Crippen molar-refractivity contribution in [2.45, 2.75) is 79.1 Å². The summed E-state index contributed by atoms with van der Waals surface area (Å²) < 4.78 is 1.42. The molecule has 0 atom stereocenters. The Morgan fingerprint density at radius 2 is 0.778 bits per heavy atom. The minimum absolute atomic E-state index is 0. The molecule has 0 aromatic heterocycles. The van der Waals surface area contributed by atoms with Gasteiger partial charge in [0.1, 0.15) is 0 Å². The molecule has 0 amide bonds. The van der Waals surface area contributed by atoms with Crippen molar-refractivity contribution in [1.29, 1.82) is 0 Å². The van der Waals surface area contributed by atoms with Crippen LogP contribution >= 0.6 is 0 Å². The van der Waals surface area contributed by atoms with Gasteiger partial charge in [-0.05, 0) is 25.7 Å². The number of nitrogens with zero attached hydrogens (tertiary/aromatic N) is 1. The number of quaternary nitrogens is 1.